The summed E-state index contributed by atoms with van der Waals surface area (Å²) in [6.07, 6.45) is 4.10. The molecule has 0 aromatic heterocycles. The first-order valence-corrected chi connectivity index (χ1v) is 7.19. The molecule has 22 heavy (non-hydrogen) atoms. The standard InChI is InChI=1S/C18H19NO3/c1-2-13-22-15-10-7-14(8-11-15)9-12-18(21)19-16-5-3-4-6-17(16)20/h3-12,20H,2,13H2,1H3,(H,19,21)/b12-9+. The smallest absolute Gasteiger partial charge is 0.248 e. The van der Waals surface area contributed by atoms with E-state index in [-0.39, 0.29) is 11.7 Å². The molecule has 0 spiro atoms. The van der Waals surface area contributed by atoms with Gasteiger partial charge in [-0.05, 0) is 42.3 Å². The number of phenols is 1. The van der Waals surface area contributed by atoms with Crippen LogP contribution in [0.3, 0.4) is 0 Å². The number of hydrogen-bond acceptors (Lipinski definition) is 3. The van der Waals surface area contributed by atoms with Gasteiger partial charge in [-0.15, -0.1) is 0 Å². The Morgan fingerprint density at radius 3 is 2.59 bits per heavy atom. The fraction of sp³-hybridized carbons (Fsp3) is 0.167. The third-order valence-corrected chi connectivity index (χ3v) is 2.94. The second kappa shape index (κ2) is 7.88. The average Bonchev–Trinajstić information content (AvgIpc) is 2.54. The van der Waals surface area contributed by atoms with Gasteiger partial charge in [-0.25, -0.2) is 0 Å². The van der Waals surface area contributed by atoms with Gasteiger partial charge in [0.05, 0.1) is 12.3 Å². The van der Waals surface area contributed by atoms with E-state index in [0.717, 1.165) is 17.7 Å². The van der Waals surface area contributed by atoms with Crippen LogP contribution in [0.5, 0.6) is 11.5 Å². The summed E-state index contributed by atoms with van der Waals surface area (Å²) >= 11 is 0. The first kappa shape index (κ1) is 15.6. The number of amides is 1. The number of anilines is 1. The number of nitrogens with one attached hydrogen (secondary N) is 1. The second-order valence-electron chi connectivity index (χ2n) is 4.76. The van der Waals surface area contributed by atoms with Crippen LogP contribution in [-0.2, 0) is 4.79 Å². The Morgan fingerprint density at radius 1 is 1.18 bits per heavy atom. The van der Waals surface area contributed by atoms with Gasteiger partial charge in [-0.2, -0.15) is 0 Å². The Hall–Kier alpha value is -2.75. The van der Waals surface area contributed by atoms with Gasteiger partial charge in [0, 0.05) is 6.08 Å². The lowest BCUT2D eigenvalue weighted by Gasteiger charge is -2.05. The van der Waals surface area contributed by atoms with Gasteiger partial charge in [0.1, 0.15) is 11.5 Å². The number of hydrogen-bond donors (Lipinski definition) is 2. The molecule has 0 aliphatic rings. The van der Waals surface area contributed by atoms with Crippen molar-refractivity contribution in [3.63, 3.8) is 0 Å². The van der Waals surface area contributed by atoms with Crippen molar-refractivity contribution in [1.29, 1.82) is 0 Å². The largest absolute Gasteiger partial charge is 0.506 e. The van der Waals surface area contributed by atoms with Crippen molar-refractivity contribution in [3.8, 4) is 11.5 Å². The van der Waals surface area contributed by atoms with Gasteiger partial charge < -0.3 is 15.2 Å². The van der Waals surface area contributed by atoms with Crippen LogP contribution in [0.25, 0.3) is 6.08 Å². The number of para-hydroxylation sites is 2. The maximum absolute atomic E-state index is 11.8. The minimum Gasteiger partial charge on any atom is -0.506 e. The quantitative estimate of drug-likeness (QED) is 0.629. The molecule has 2 aromatic carbocycles. The second-order valence-corrected chi connectivity index (χ2v) is 4.76. The molecule has 0 saturated carbocycles. The highest BCUT2D eigenvalue weighted by Crippen LogP contribution is 2.21. The lowest BCUT2D eigenvalue weighted by molar-refractivity contribution is -0.111. The zero-order valence-corrected chi connectivity index (χ0v) is 12.5. The van der Waals surface area contributed by atoms with Crippen LogP contribution in [0.2, 0.25) is 0 Å². The Labute approximate surface area is 130 Å². The van der Waals surface area contributed by atoms with Gasteiger partial charge in [0.15, 0.2) is 0 Å². The molecule has 0 atom stereocenters. The van der Waals surface area contributed by atoms with Gasteiger partial charge in [0.2, 0.25) is 5.91 Å². The van der Waals surface area contributed by atoms with Gasteiger partial charge >= 0.3 is 0 Å². The molecule has 0 saturated heterocycles. The molecular formula is C18H19NO3. The summed E-state index contributed by atoms with van der Waals surface area (Å²) in [4.78, 5) is 11.8. The first-order chi connectivity index (χ1) is 10.7. The third-order valence-electron chi connectivity index (χ3n) is 2.94. The van der Waals surface area contributed by atoms with Crippen LogP contribution < -0.4 is 10.1 Å². The summed E-state index contributed by atoms with van der Waals surface area (Å²) in [7, 11) is 0. The Kier molecular flexibility index (Phi) is 5.60. The lowest BCUT2D eigenvalue weighted by Crippen LogP contribution is -2.07. The average molecular weight is 297 g/mol. The van der Waals surface area contributed by atoms with Crippen LogP contribution in [0.15, 0.2) is 54.6 Å². The minimum absolute atomic E-state index is 0.0432. The van der Waals surface area contributed by atoms with Gasteiger partial charge in [-0.3, -0.25) is 4.79 Å². The number of ether oxygens (including phenoxy) is 1. The zero-order valence-electron chi connectivity index (χ0n) is 12.5. The molecule has 0 radical (unpaired) electrons. The maximum Gasteiger partial charge on any atom is 0.248 e. The third kappa shape index (κ3) is 4.66. The summed E-state index contributed by atoms with van der Waals surface area (Å²) in [6, 6.07) is 14.1. The normalized spacial score (nSPS) is 10.6. The fourth-order valence-corrected chi connectivity index (χ4v) is 1.82. The topological polar surface area (TPSA) is 58.6 Å². The number of carbonyl (C=O) groups excluding carboxylic acids is 1. The van der Waals surface area contributed by atoms with E-state index in [2.05, 4.69) is 12.2 Å². The number of benzene rings is 2. The monoisotopic (exact) mass is 297 g/mol. The van der Waals surface area contributed by atoms with Crippen LogP contribution in [0, 0.1) is 0 Å². The highest BCUT2D eigenvalue weighted by molar-refractivity contribution is 6.02. The molecule has 0 heterocycles. The van der Waals surface area contributed by atoms with E-state index in [1.165, 1.54) is 12.1 Å². The minimum atomic E-state index is -0.298. The molecule has 4 heteroatoms. The van der Waals surface area contributed by atoms with Crippen LogP contribution >= 0.6 is 0 Å². The van der Waals surface area contributed by atoms with Crippen molar-refractivity contribution in [2.45, 2.75) is 13.3 Å². The summed E-state index contributed by atoms with van der Waals surface area (Å²) in [5.41, 5.74) is 1.29. The van der Waals surface area contributed by atoms with E-state index >= 15 is 0 Å². The molecular weight excluding hydrogens is 278 g/mol. The number of aromatic hydroxyl groups is 1. The predicted octanol–water partition coefficient (Wildman–Crippen LogP) is 3.83. The maximum atomic E-state index is 11.8. The van der Waals surface area contributed by atoms with Crippen molar-refractivity contribution in [2.24, 2.45) is 0 Å². The van der Waals surface area contributed by atoms with Crippen LogP contribution in [-0.4, -0.2) is 17.6 Å². The summed E-state index contributed by atoms with van der Waals surface area (Å²) in [5.74, 6) is 0.562. The molecule has 0 unspecified atom stereocenters. The van der Waals surface area contributed by atoms with E-state index in [9.17, 15) is 9.90 Å². The van der Waals surface area contributed by atoms with Gasteiger partial charge in [0.25, 0.3) is 0 Å². The highest BCUT2D eigenvalue weighted by Gasteiger charge is 2.02. The van der Waals surface area contributed by atoms with Gasteiger partial charge in [-0.1, -0.05) is 31.2 Å². The molecule has 114 valence electrons. The van der Waals surface area contributed by atoms with Crippen molar-refractivity contribution in [1.82, 2.24) is 0 Å². The van der Waals surface area contributed by atoms with Crippen molar-refractivity contribution in [2.75, 3.05) is 11.9 Å². The molecule has 0 fully saturated rings. The highest BCUT2D eigenvalue weighted by atomic mass is 16.5. The van der Waals surface area contributed by atoms with E-state index in [0.29, 0.717) is 12.3 Å². The van der Waals surface area contributed by atoms with E-state index in [1.54, 1.807) is 24.3 Å². The van der Waals surface area contributed by atoms with Crippen molar-refractivity contribution < 1.29 is 14.6 Å². The Bertz CT molecular complexity index is 648. The predicted molar refractivity (Wildman–Crippen MR) is 88.0 cm³/mol. The molecule has 2 N–H and O–H groups in total. The summed E-state index contributed by atoms with van der Waals surface area (Å²) in [5, 5.41) is 12.2. The molecule has 2 aromatic rings. The Balaban J connectivity index is 1.93. The molecule has 4 nitrogen and oxygen atoms in total. The number of rotatable bonds is 6. The fourth-order valence-electron chi connectivity index (χ4n) is 1.82. The zero-order chi connectivity index (χ0) is 15.8. The number of carbonyl (C=O) groups is 1. The molecule has 0 bridgehead atoms. The summed E-state index contributed by atoms with van der Waals surface area (Å²) < 4.78 is 5.50. The van der Waals surface area contributed by atoms with Crippen LogP contribution in [0.1, 0.15) is 18.9 Å². The van der Waals surface area contributed by atoms with Crippen LogP contribution in [0.4, 0.5) is 5.69 Å². The molecule has 1 amide bonds. The molecule has 0 aliphatic carbocycles. The van der Waals surface area contributed by atoms with E-state index < -0.39 is 0 Å². The molecule has 0 aliphatic heterocycles. The van der Waals surface area contributed by atoms with Crippen molar-refractivity contribution in [3.05, 3.63) is 60.2 Å². The van der Waals surface area contributed by atoms with E-state index in [1.807, 2.05) is 24.3 Å². The molecule has 2 rings (SSSR count). The first-order valence-electron chi connectivity index (χ1n) is 7.19. The van der Waals surface area contributed by atoms with E-state index in [4.69, 9.17) is 4.74 Å². The summed E-state index contributed by atoms with van der Waals surface area (Å²) in [6.45, 7) is 2.75. The number of phenolic OH excluding ortho intramolecular Hbond substituents is 1. The van der Waals surface area contributed by atoms with Crippen molar-refractivity contribution >= 4 is 17.7 Å². The Morgan fingerprint density at radius 2 is 1.91 bits per heavy atom. The SMILES string of the molecule is CCCOc1ccc(/C=C/C(=O)Nc2ccccc2O)cc1. The lowest BCUT2D eigenvalue weighted by atomic mass is 10.2.